The van der Waals surface area contributed by atoms with Crippen LogP contribution in [0.3, 0.4) is 0 Å². The maximum Gasteiger partial charge on any atom is 0.145 e. The molecule has 2 nitrogen and oxygen atoms in total. The van der Waals surface area contributed by atoms with Crippen LogP contribution in [0.4, 0.5) is 4.39 Å². The van der Waals surface area contributed by atoms with Gasteiger partial charge in [0.15, 0.2) is 0 Å². The van der Waals surface area contributed by atoms with E-state index in [1.165, 1.54) is 24.3 Å². The monoisotopic (exact) mass is 227 g/mol. The van der Waals surface area contributed by atoms with Gasteiger partial charge in [0.05, 0.1) is 5.56 Å². The zero-order chi connectivity index (χ0) is 12.3. The van der Waals surface area contributed by atoms with Crippen molar-refractivity contribution < 1.29 is 9.13 Å². The Kier molecular flexibility index (Phi) is 3.06. The number of aryl methyl sites for hydroxylation is 1. The van der Waals surface area contributed by atoms with Crippen molar-refractivity contribution in [3.05, 3.63) is 59.4 Å². The van der Waals surface area contributed by atoms with Gasteiger partial charge in [-0.05, 0) is 42.8 Å². The van der Waals surface area contributed by atoms with Crippen molar-refractivity contribution in [1.29, 1.82) is 5.26 Å². The summed E-state index contributed by atoms with van der Waals surface area (Å²) in [6.07, 6.45) is 0. The number of halogens is 1. The summed E-state index contributed by atoms with van der Waals surface area (Å²) in [5.74, 6) is 0.676. The van der Waals surface area contributed by atoms with Gasteiger partial charge in [-0.3, -0.25) is 0 Å². The van der Waals surface area contributed by atoms with E-state index < -0.39 is 0 Å². The van der Waals surface area contributed by atoms with Gasteiger partial charge >= 0.3 is 0 Å². The lowest BCUT2D eigenvalue weighted by molar-refractivity contribution is 0.478. The summed E-state index contributed by atoms with van der Waals surface area (Å²) in [5.41, 5.74) is 1.35. The second kappa shape index (κ2) is 4.67. The van der Waals surface area contributed by atoms with E-state index >= 15 is 0 Å². The maximum absolute atomic E-state index is 12.7. The second-order valence-corrected chi connectivity index (χ2v) is 3.62. The Bertz CT molecular complexity index is 570. The molecule has 2 aromatic rings. The van der Waals surface area contributed by atoms with Crippen LogP contribution in [-0.4, -0.2) is 0 Å². The van der Waals surface area contributed by atoms with Crippen molar-refractivity contribution in [2.75, 3.05) is 0 Å². The van der Waals surface area contributed by atoms with Crippen LogP contribution < -0.4 is 4.74 Å². The fourth-order valence-corrected chi connectivity index (χ4v) is 1.50. The van der Waals surface area contributed by atoms with Crippen molar-refractivity contribution in [2.24, 2.45) is 0 Å². The predicted molar refractivity (Wildman–Crippen MR) is 62.4 cm³/mol. The SMILES string of the molecule is Cc1cccc(Oc2ccc(F)cc2)c1C#N. The summed E-state index contributed by atoms with van der Waals surface area (Å²) >= 11 is 0. The Balaban J connectivity index is 2.34. The first-order chi connectivity index (χ1) is 8.20. The van der Waals surface area contributed by atoms with Crippen LogP contribution in [0.1, 0.15) is 11.1 Å². The molecule has 0 aliphatic rings. The van der Waals surface area contributed by atoms with Crippen LogP contribution in [0.5, 0.6) is 11.5 Å². The fraction of sp³-hybridized carbons (Fsp3) is 0.0714. The predicted octanol–water partition coefficient (Wildman–Crippen LogP) is 3.80. The molecule has 0 atom stereocenters. The van der Waals surface area contributed by atoms with Gasteiger partial charge in [-0.1, -0.05) is 12.1 Å². The van der Waals surface area contributed by atoms with Crippen molar-refractivity contribution in [2.45, 2.75) is 6.92 Å². The van der Waals surface area contributed by atoms with Gasteiger partial charge in [0.1, 0.15) is 23.4 Å². The van der Waals surface area contributed by atoms with Crippen molar-refractivity contribution in [3.8, 4) is 17.6 Å². The van der Waals surface area contributed by atoms with Crippen molar-refractivity contribution in [3.63, 3.8) is 0 Å². The molecule has 0 aliphatic heterocycles. The summed E-state index contributed by atoms with van der Waals surface area (Å²) in [7, 11) is 0. The number of benzene rings is 2. The molecule has 0 amide bonds. The minimum absolute atomic E-state index is 0.318. The number of nitriles is 1. The number of hydrogen-bond acceptors (Lipinski definition) is 2. The number of rotatable bonds is 2. The normalized spacial score (nSPS) is 9.71. The van der Waals surface area contributed by atoms with E-state index in [4.69, 9.17) is 10.00 Å². The van der Waals surface area contributed by atoms with Gasteiger partial charge in [0, 0.05) is 0 Å². The van der Waals surface area contributed by atoms with E-state index in [0.29, 0.717) is 17.1 Å². The lowest BCUT2D eigenvalue weighted by atomic mass is 10.1. The van der Waals surface area contributed by atoms with Crippen LogP contribution in [0, 0.1) is 24.1 Å². The molecule has 0 fully saturated rings. The first-order valence-electron chi connectivity index (χ1n) is 5.14. The lowest BCUT2D eigenvalue weighted by Gasteiger charge is -2.08. The van der Waals surface area contributed by atoms with E-state index in [1.807, 2.05) is 19.1 Å². The smallest absolute Gasteiger partial charge is 0.145 e. The molecule has 17 heavy (non-hydrogen) atoms. The molecule has 0 bridgehead atoms. The molecule has 0 N–H and O–H groups in total. The molecule has 84 valence electrons. The highest BCUT2D eigenvalue weighted by molar-refractivity contribution is 5.49. The first-order valence-corrected chi connectivity index (χ1v) is 5.14. The topological polar surface area (TPSA) is 33.0 Å². The zero-order valence-electron chi connectivity index (χ0n) is 9.27. The Morgan fingerprint density at radius 1 is 1.12 bits per heavy atom. The van der Waals surface area contributed by atoms with Gasteiger partial charge in [-0.25, -0.2) is 4.39 Å². The third-order valence-corrected chi connectivity index (χ3v) is 2.39. The molecule has 0 heterocycles. The van der Waals surface area contributed by atoms with Crippen molar-refractivity contribution >= 4 is 0 Å². The van der Waals surface area contributed by atoms with Crippen LogP contribution >= 0.6 is 0 Å². The minimum Gasteiger partial charge on any atom is -0.456 e. The summed E-state index contributed by atoms with van der Waals surface area (Å²) in [6, 6.07) is 13.2. The Morgan fingerprint density at radius 2 is 1.82 bits per heavy atom. The number of nitrogens with zero attached hydrogens (tertiary/aromatic N) is 1. The highest BCUT2D eigenvalue weighted by Gasteiger charge is 2.06. The van der Waals surface area contributed by atoms with Gasteiger partial charge in [-0.15, -0.1) is 0 Å². The molecule has 2 rings (SSSR count). The molecule has 0 unspecified atom stereocenters. The average molecular weight is 227 g/mol. The van der Waals surface area contributed by atoms with E-state index in [2.05, 4.69) is 6.07 Å². The van der Waals surface area contributed by atoms with Crippen LogP contribution in [0.2, 0.25) is 0 Å². The van der Waals surface area contributed by atoms with Crippen LogP contribution in [-0.2, 0) is 0 Å². The van der Waals surface area contributed by atoms with Gasteiger partial charge < -0.3 is 4.74 Å². The van der Waals surface area contributed by atoms with Gasteiger partial charge in [0.2, 0.25) is 0 Å². The lowest BCUT2D eigenvalue weighted by Crippen LogP contribution is -1.90. The number of hydrogen-bond donors (Lipinski definition) is 0. The molecule has 2 aromatic carbocycles. The molecule has 0 spiro atoms. The Morgan fingerprint density at radius 3 is 2.47 bits per heavy atom. The van der Waals surface area contributed by atoms with Gasteiger partial charge in [0.25, 0.3) is 0 Å². The fourth-order valence-electron chi connectivity index (χ4n) is 1.50. The standard InChI is InChI=1S/C14H10FNO/c1-10-3-2-4-14(13(10)9-16)17-12-7-5-11(15)6-8-12/h2-8H,1H3. The third kappa shape index (κ3) is 2.43. The van der Waals surface area contributed by atoms with Crippen LogP contribution in [0.25, 0.3) is 0 Å². The molecule has 0 aliphatic carbocycles. The molecular weight excluding hydrogens is 217 g/mol. The first kappa shape index (κ1) is 11.2. The average Bonchev–Trinajstić information content (AvgIpc) is 2.32. The van der Waals surface area contributed by atoms with E-state index in [1.54, 1.807) is 6.07 Å². The molecule has 0 saturated heterocycles. The zero-order valence-corrected chi connectivity index (χ0v) is 9.27. The number of ether oxygens (including phenoxy) is 1. The summed E-state index contributed by atoms with van der Waals surface area (Å²) in [4.78, 5) is 0. The molecule has 0 radical (unpaired) electrons. The summed E-state index contributed by atoms with van der Waals surface area (Å²) < 4.78 is 18.3. The van der Waals surface area contributed by atoms with E-state index in [0.717, 1.165) is 5.56 Å². The second-order valence-electron chi connectivity index (χ2n) is 3.62. The quantitative estimate of drug-likeness (QED) is 0.781. The molecule has 3 heteroatoms. The largest absolute Gasteiger partial charge is 0.456 e. The third-order valence-electron chi connectivity index (χ3n) is 2.39. The maximum atomic E-state index is 12.7. The Hall–Kier alpha value is -2.34. The molecular formula is C14H10FNO. The van der Waals surface area contributed by atoms with Gasteiger partial charge in [-0.2, -0.15) is 5.26 Å². The van der Waals surface area contributed by atoms with Crippen LogP contribution in [0.15, 0.2) is 42.5 Å². The molecule has 0 aromatic heterocycles. The van der Waals surface area contributed by atoms with E-state index in [9.17, 15) is 4.39 Å². The Labute approximate surface area is 98.9 Å². The van der Waals surface area contributed by atoms with E-state index in [-0.39, 0.29) is 5.82 Å². The highest BCUT2D eigenvalue weighted by atomic mass is 19.1. The highest BCUT2D eigenvalue weighted by Crippen LogP contribution is 2.26. The molecule has 0 saturated carbocycles. The summed E-state index contributed by atoms with van der Waals surface area (Å²) in [6.45, 7) is 1.84. The summed E-state index contributed by atoms with van der Waals surface area (Å²) in [5, 5.41) is 9.03. The minimum atomic E-state index is -0.318. The van der Waals surface area contributed by atoms with Crippen molar-refractivity contribution in [1.82, 2.24) is 0 Å².